The van der Waals surface area contributed by atoms with E-state index in [1.807, 2.05) is 39.0 Å². The van der Waals surface area contributed by atoms with Crippen LogP contribution in [0.15, 0.2) is 30.6 Å². The van der Waals surface area contributed by atoms with Crippen LogP contribution in [0.25, 0.3) is 0 Å². The first kappa shape index (κ1) is 21.8. The molecule has 2 atom stereocenters. The molecule has 152 valence electrons. The normalized spacial score (nSPS) is 13.1. The molecule has 0 amide bonds. The summed E-state index contributed by atoms with van der Waals surface area (Å²) in [6.07, 6.45) is 4.16. The summed E-state index contributed by atoms with van der Waals surface area (Å²) in [5, 5.41) is 12.6. The van der Waals surface area contributed by atoms with Gasteiger partial charge in [-0.05, 0) is 37.8 Å². The number of carboxylic acids is 1. The van der Waals surface area contributed by atoms with Crippen molar-refractivity contribution in [2.24, 2.45) is 0 Å². The number of aromatic nitrogens is 2. The Morgan fingerprint density at radius 3 is 2.54 bits per heavy atom. The molecule has 0 unspecified atom stereocenters. The van der Waals surface area contributed by atoms with E-state index in [2.05, 4.69) is 15.3 Å². The molecule has 7 nitrogen and oxygen atoms in total. The van der Waals surface area contributed by atoms with Crippen molar-refractivity contribution in [2.45, 2.75) is 52.2 Å². The molecule has 7 heteroatoms. The van der Waals surface area contributed by atoms with Gasteiger partial charge in [-0.25, -0.2) is 9.97 Å². The van der Waals surface area contributed by atoms with E-state index in [0.29, 0.717) is 19.0 Å². The largest absolute Gasteiger partial charge is 0.481 e. The van der Waals surface area contributed by atoms with Gasteiger partial charge in [0.25, 0.3) is 0 Å². The molecule has 0 aliphatic heterocycles. The number of hydrogen-bond donors (Lipinski definition) is 2. The lowest BCUT2D eigenvalue weighted by atomic mass is 9.91. The van der Waals surface area contributed by atoms with Crippen molar-refractivity contribution in [1.82, 2.24) is 9.97 Å². The van der Waals surface area contributed by atoms with Gasteiger partial charge in [-0.1, -0.05) is 19.1 Å². The van der Waals surface area contributed by atoms with Crippen molar-refractivity contribution < 1.29 is 19.4 Å². The van der Waals surface area contributed by atoms with Gasteiger partial charge in [0, 0.05) is 25.0 Å². The van der Waals surface area contributed by atoms with Crippen molar-refractivity contribution in [2.75, 3.05) is 19.0 Å². The quantitative estimate of drug-likeness (QED) is 0.589. The average Bonchev–Trinajstić information content (AvgIpc) is 2.68. The van der Waals surface area contributed by atoms with Crippen LogP contribution < -0.4 is 5.32 Å². The predicted octanol–water partition coefficient (Wildman–Crippen LogP) is 4.43. The van der Waals surface area contributed by atoms with E-state index in [-0.39, 0.29) is 18.4 Å². The van der Waals surface area contributed by atoms with E-state index in [0.717, 1.165) is 28.9 Å². The van der Waals surface area contributed by atoms with Crippen LogP contribution >= 0.6 is 0 Å². The van der Waals surface area contributed by atoms with Crippen molar-refractivity contribution in [3.8, 4) is 0 Å². The highest BCUT2D eigenvalue weighted by Crippen LogP contribution is 2.33. The molecule has 1 aromatic heterocycles. The first-order valence-electron chi connectivity index (χ1n) is 9.52. The zero-order valence-electron chi connectivity index (χ0n) is 16.9. The van der Waals surface area contributed by atoms with Gasteiger partial charge in [0.05, 0.1) is 30.6 Å². The summed E-state index contributed by atoms with van der Waals surface area (Å²) in [7, 11) is 1.60. The fraction of sp³-hybridized carbons (Fsp3) is 0.476. The topological polar surface area (TPSA) is 93.6 Å². The third kappa shape index (κ3) is 6.00. The lowest BCUT2D eigenvalue weighted by Crippen LogP contribution is -2.09. The molecular formula is C21H29N3O4. The number of carboxylic acid groups (broad SMARTS) is 1. The zero-order chi connectivity index (χ0) is 20.5. The molecule has 0 radical (unpaired) electrons. The second-order valence-electron chi connectivity index (χ2n) is 6.59. The van der Waals surface area contributed by atoms with Gasteiger partial charge < -0.3 is 19.9 Å². The molecule has 0 spiro atoms. The number of nitrogens with one attached hydrogen (secondary N) is 1. The van der Waals surface area contributed by atoms with Crippen LogP contribution in [-0.4, -0.2) is 34.8 Å². The van der Waals surface area contributed by atoms with Crippen LogP contribution in [0.3, 0.4) is 0 Å². The van der Waals surface area contributed by atoms with E-state index in [1.165, 1.54) is 0 Å². The molecular weight excluding hydrogens is 358 g/mol. The van der Waals surface area contributed by atoms with Gasteiger partial charge in [-0.2, -0.15) is 0 Å². The first-order chi connectivity index (χ1) is 13.5. The molecule has 0 aliphatic rings. The maximum Gasteiger partial charge on any atom is 0.303 e. The van der Waals surface area contributed by atoms with Gasteiger partial charge in [-0.3, -0.25) is 4.79 Å². The maximum absolute atomic E-state index is 11.2. The Kier molecular flexibility index (Phi) is 8.35. The van der Waals surface area contributed by atoms with Crippen LogP contribution in [0.5, 0.6) is 0 Å². The number of nitrogens with zero attached hydrogens (tertiary/aromatic N) is 2. The molecule has 1 aromatic carbocycles. The second-order valence-corrected chi connectivity index (χ2v) is 6.59. The minimum Gasteiger partial charge on any atom is -0.481 e. The molecule has 0 aliphatic carbocycles. The number of rotatable bonds is 11. The first-order valence-corrected chi connectivity index (χ1v) is 9.52. The number of benzene rings is 1. The number of hydrogen-bond acceptors (Lipinski definition) is 6. The summed E-state index contributed by atoms with van der Waals surface area (Å²) < 4.78 is 10.8. The number of ether oxygens (including phenoxy) is 2. The number of aliphatic carboxylic acids is 1. The predicted molar refractivity (Wildman–Crippen MR) is 108 cm³/mol. The monoisotopic (exact) mass is 387 g/mol. The van der Waals surface area contributed by atoms with Gasteiger partial charge >= 0.3 is 5.97 Å². The Hall–Kier alpha value is -2.51. The lowest BCUT2D eigenvalue weighted by Gasteiger charge is -2.21. The second kappa shape index (κ2) is 10.7. The zero-order valence-corrected chi connectivity index (χ0v) is 16.9. The Balaban J connectivity index is 2.35. The highest BCUT2D eigenvalue weighted by Gasteiger charge is 2.18. The van der Waals surface area contributed by atoms with E-state index in [4.69, 9.17) is 9.47 Å². The summed E-state index contributed by atoms with van der Waals surface area (Å²) in [5.41, 5.74) is 3.59. The van der Waals surface area contributed by atoms with Crippen LogP contribution in [0.1, 0.15) is 62.6 Å². The van der Waals surface area contributed by atoms with Crippen molar-refractivity contribution in [3.63, 3.8) is 0 Å². The highest BCUT2D eigenvalue weighted by molar-refractivity contribution is 5.69. The van der Waals surface area contributed by atoms with E-state index >= 15 is 0 Å². The Bertz CT molecular complexity index is 765. The molecule has 28 heavy (non-hydrogen) atoms. The number of carbonyl (C=O) groups is 1. The van der Waals surface area contributed by atoms with Gasteiger partial charge in [-0.15, -0.1) is 0 Å². The highest BCUT2D eigenvalue weighted by atomic mass is 16.5. The van der Waals surface area contributed by atoms with E-state index in [1.54, 1.807) is 19.5 Å². The summed E-state index contributed by atoms with van der Waals surface area (Å²) in [5.74, 6) is -0.234. The molecule has 0 saturated carbocycles. The molecule has 0 saturated heterocycles. The number of methoxy groups -OCH3 is 1. The third-order valence-corrected chi connectivity index (χ3v) is 4.57. The van der Waals surface area contributed by atoms with Crippen molar-refractivity contribution in [3.05, 3.63) is 47.5 Å². The minimum absolute atomic E-state index is 0.0465. The smallest absolute Gasteiger partial charge is 0.303 e. The fourth-order valence-corrected chi connectivity index (χ4v) is 3.12. The third-order valence-electron chi connectivity index (χ3n) is 4.57. The van der Waals surface area contributed by atoms with Crippen LogP contribution in [0.4, 0.5) is 11.4 Å². The molecule has 2 aromatic rings. The van der Waals surface area contributed by atoms with E-state index in [9.17, 15) is 9.90 Å². The Morgan fingerprint density at radius 1 is 1.25 bits per heavy atom. The fourth-order valence-electron chi connectivity index (χ4n) is 3.12. The summed E-state index contributed by atoms with van der Waals surface area (Å²) in [6.45, 7) is 6.92. The van der Waals surface area contributed by atoms with Gasteiger partial charge in [0.15, 0.2) is 5.82 Å². The van der Waals surface area contributed by atoms with Crippen molar-refractivity contribution >= 4 is 17.3 Å². The summed E-state index contributed by atoms with van der Waals surface area (Å²) in [6, 6.07) is 6.00. The minimum atomic E-state index is -0.796. The number of anilines is 2. The maximum atomic E-state index is 11.2. The van der Waals surface area contributed by atoms with Crippen LogP contribution in [0, 0.1) is 0 Å². The Labute approximate surface area is 166 Å². The lowest BCUT2D eigenvalue weighted by molar-refractivity contribution is -0.137. The Morgan fingerprint density at radius 2 is 1.96 bits per heavy atom. The SMILES string of the molecule is CCO[C@H](C)c1ccc([C@@H](CC)CC(=O)O)cc1Nc1cnc(COC)nc1. The average molecular weight is 387 g/mol. The molecule has 0 bridgehead atoms. The van der Waals surface area contributed by atoms with Gasteiger partial charge in [0.1, 0.15) is 6.61 Å². The molecule has 1 heterocycles. The summed E-state index contributed by atoms with van der Waals surface area (Å²) in [4.78, 5) is 19.8. The van der Waals surface area contributed by atoms with Crippen molar-refractivity contribution in [1.29, 1.82) is 0 Å². The van der Waals surface area contributed by atoms with Gasteiger partial charge in [0.2, 0.25) is 0 Å². The van der Waals surface area contributed by atoms with Crippen LogP contribution in [-0.2, 0) is 20.9 Å². The standard InChI is InChI=1S/C21H29N3O4/c1-5-15(10-21(25)26)16-7-8-18(14(3)28-6-2)19(9-16)24-17-11-22-20(13-27-4)23-12-17/h7-9,11-12,14-15,24H,5-6,10,13H2,1-4H3,(H,25,26)/t14-,15+/m1/s1. The summed E-state index contributed by atoms with van der Waals surface area (Å²) >= 11 is 0. The van der Waals surface area contributed by atoms with E-state index < -0.39 is 5.97 Å². The molecule has 2 N–H and O–H groups in total. The molecule has 2 rings (SSSR count). The van der Waals surface area contributed by atoms with Crippen LogP contribution in [0.2, 0.25) is 0 Å². The molecule has 0 fully saturated rings.